The van der Waals surface area contributed by atoms with Crippen LogP contribution in [-0.4, -0.2) is 41.8 Å². The number of carbonyl (C=O) groups excluding carboxylic acids is 1. The first-order chi connectivity index (χ1) is 12.0. The van der Waals surface area contributed by atoms with E-state index in [9.17, 15) is 19.8 Å². The number of ketones is 1. The maximum atomic E-state index is 12.4. The van der Waals surface area contributed by atoms with E-state index in [1.165, 1.54) is 7.11 Å². The molecule has 4 atom stereocenters. The number of aliphatic hydroxyl groups is 2. The molecule has 5 rings (SSSR count). The van der Waals surface area contributed by atoms with Crippen molar-refractivity contribution in [3.8, 4) is 11.5 Å². The Bertz CT molecular complexity index is 991. The third-order valence-corrected chi connectivity index (χ3v) is 5.15. The fourth-order valence-corrected chi connectivity index (χ4v) is 4.05. The summed E-state index contributed by atoms with van der Waals surface area (Å²) in [5.41, 5.74) is 0.594. The highest BCUT2D eigenvalue weighted by Crippen LogP contribution is 2.52. The Kier molecular flexibility index (Phi) is 2.87. The van der Waals surface area contributed by atoms with E-state index in [0.29, 0.717) is 34.4 Å². The van der Waals surface area contributed by atoms with Gasteiger partial charge in [-0.05, 0) is 12.0 Å². The van der Waals surface area contributed by atoms with Crippen LogP contribution in [0.25, 0.3) is 11.0 Å². The molecule has 1 aromatic heterocycles. The van der Waals surface area contributed by atoms with E-state index in [1.807, 2.05) is 0 Å². The van der Waals surface area contributed by atoms with Gasteiger partial charge in [-0.15, -0.1) is 0 Å². The van der Waals surface area contributed by atoms with Crippen LogP contribution < -0.4 is 15.1 Å². The molecule has 0 unspecified atom stereocenters. The van der Waals surface area contributed by atoms with Crippen LogP contribution in [0.4, 0.5) is 0 Å². The van der Waals surface area contributed by atoms with Crippen LogP contribution in [0.15, 0.2) is 15.3 Å². The van der Waals surface area contributed by atoms with Gasteiger partial charge in [-0.25, -0.2) is 4.79 Å². The van der Waals surface area contributed by atoms with Gasteiger partial charge in [-0.2, -0.15) is 0 Å². The van der Waals surface area contributed by atoms with Gasteiger partial charge in [0.25, 0.3) is 0 Å². The minimum Gasteiger partial charge on any atom is -0.496 e. The Morgan fingerprint density at radius 2 is 2.04 bits per heavy atom. The molecule has 130 valence electrons. The van der Waals surface area contributed by atoms with Crippen molar-refractivity contribution in [3.05, 3.63) is 33.2 Å². The fourth-order valence-electron chi connectivity index (χ4n) is 4.05. The Morgan fingerprint density at radius 1 is 1.24 bits per heavy atom. The Balaban J connectivity index is 1.88. The van der Waals surface area contributed by atoms with Crippen molar-refractivity contribution in [1.29, 1.82) is 0 Å². The average molecular weight is 346 g/mol. The molecule has 2 aliphatic heterocycles. The van der Waals surface area contributed by atoms with Gasteiger partial charge in [0.2, 0.25) is 6.29 Å². The van der Waals surface area contributed by atoms with E-state index in [4.69, 9.17) is 18.6 Å². The molecule has 3 heterocycles. The number of rotatable bonds is 1. The van der Waals surface area contributed by atoms with Crippen LogP contribution in [-0.2, 0) is 11.2 Å². The van der Waals surface area contributed by atoms with Crippen molar-refractivity contribution >= 4 is 16.8 Å². The van der Waals surface area contributed by atoms with Gasteiger partial charge in [-0.3, -0.25) is 4.79 Å². The van der Waals surface area contributed by atoms with E-state index < -0.39 is 30.2 Å². The van der Waals surface area contributed by atoms with E-state index in [-0.39, 0.29) is 23.4 Å². The van der Waals surface area contributed by atoms with Crippen molar-refractivity contribution < 1.29 is 33.6 Å². The molecule has 0 spiro atoms. The molecule has 0 radical (unpaired) electrons. The van der Waals surface area contributed by atoms with Gasteiger partial charge in [0.1, 0.15) is 28.7 Å². The first-order valence-corrected chi connectivity index (χ1v) is 7.93. The minimum absolute atomic E-state index is 0.0597. The number of hydrogen-bond donors (Lipinski definition) is 2. The van der Waals surface area contributed by atoms with Crippen LogP contribution in [0.1, 0.15) is 33.8 Å². The van der Waals surface area contributed by atoms with E-state index in [2.05, 4.69) is 0 Å². The SMILES string of the molecule is COc1cc2c(c3oc(=O)c4c(c13)CCC4=O)[C@H]1[C@@H](O2)O[C@@H](O)[C@@H]1O. The lowest BCUT2D eigenvalue weighted by Gasteiger charge is -2.16. The second kappa shape index (κ2) is 4.81. The van der Waals surface area contributed by atoms with Gasteiger partial charge in [0.15, 0.2) is 12.1 Å². The van der Waals surface area contributed by atoms with Crippen LogP contribution >= 0.6 is 0 Å². The van der Waals surface area contributed by atoms with Crippen molar-refractivity contribution in [2.24, 2.45) is 0 Å². The van der Waals surface area contributed by atoms with E-state index in [0.717, 1.165) is 0 Å². The van der Waals surface area contributed by atoms with Crippen LogP contribution in [0.5, 0.6) is 11.5 Å². The molecule has 25 heavy (non-hydrogen) atoms. The number of aryl methyl sites for hydroxylation is 1. The molecule has 1 aromatic carbocycles. The van der Waals surface area contributed by atoms with Crippen molar-refractivity contribution in [1.82, 2.24) is 0 Å². The highest BCUT2D eigenvalue weighted by Gasteiger charge is 2.52. The third kappa shape index (κ3) is 1.76. The largest absolute Gasteiger partial charge is 0.496 e. The highest BCUT2D eigenvalue weighted by molar-refractivity contribution is 6.06. The second-order valence-corrected chi connectivity index (χ2v) is 6.39. The first kappa shape index (κ1) is 14.9. The fraction of sp³-hybridized carbons (Fsp3) is 0.412. The predicted octanol–water partition coefficient (Wildman–Crippen LogP) is 0.442. The number of carbonyl (C=O) groups is 1. The molecule has 1 saturated heterocycles. The Hall–Kier alpha value is -2.42. The molecule has 2 aromatic rings. The average Bonchev–Trinajstić information content (AvgIpc) is 3.21. The summed E-state index contributed by atoms with van der Waals surface area (Å²) < 4.78 is 21.7. The summed E-state index contributed by atoms with van der Waals surface area (Å²) in [6.45, 7) is 0. The minimum atomic E-state index is -1.39. The van der Waals surface area contributed by atoms with Crippen LogP contribution in [0.3, 0.4) is 0 Å². The van der Waals surface area contributed by atoms with Crippen LogP contribution in [0, 0.1) is 0 Å². The number of ether oxygens (including phenoxy) is 3. The normalized spacial score (nSPS) is 29.5. The zero-order valence-corrected chi connectivity index (χ0v) is 13.1. The molecule has 1 fully saturated rings. The number of Topliss-reactive ketones (excluding diaryl/α,β-unsaturated/α-hetero) is 1. The number of aliphatic hydroxyl groups excluding tert-OH is 2. The standard InChI is InChI=1S/C17H14O8/c1-22-7-4-8-11(12-13(19)16(21)25-17(12)23-8)14-10(7)5-2-3-6(18)9(5)15(20)24-14/h4,12-13,16-17,19,21H,2-3H2,1H3/t12-,13-,16-,17+/m1/s1. The number of fused-ring (bicyclic) bond motifs is 7. The molecule has 8 nitrogen and oxygen atoms in total. The molecule has 3 aliphatic rings. The Morgan fingerprint density at radius 3 is 2.80 bits per heavy atom. The van der Waals surface area contributed by atoms with Crippen molar-refractivity contribution in [2.45, 2.75) is 37.4 Å². The van der Waals surface area contributed by atoms with Gasteiger partial charge in [-0.1, -0.05) is 0 Å². The zero-order valence-electron chi connectivity index (χ0n) is 13.1. The van der Waals surface area contributed by atoms with E-state index >= 15 is 0 Å². The quantitative estimate of drug-likeness (QED) is 0.715. The summed E-state index contributed by atoms with van der Waals surface area (Å²) in [5.74, 6) is -0.171. The van der Waals surface area contributed by atoms with Gasteiger partial charge in [0, 0.05) is 12.5 Å². The third-order valence-electron chi connectivity index (χ3n) is 5.15. The van der Waals surface area contributed by atoms with Gasteiger partial charge >= 0.3 is 5.63 Å². The van der Waals surface area contributed by atoms with Gasteiger partial charge < -0.3 is 28.8 Å². The summed E-state index contributed by atoms with van der Waals surface area (Å²) in [6.07, 6.45) is -2.82. The molecule has 8 heteroatoms. The van der Waals surface area contributed by atoms with Crippen LogP contribution in [0.2, 0.25) is 0 Å². The Labute approximate surface area is 140 Å². The highest BCUT2D eigenvalue weighted by atomic mass is 16.7. The lowest BCUT2D eigenvalue weighted by atomic mass is 9.92. The lowest BCUT2D eigenvalue weighted by Crippen LogP contribution is -2.24. The molecular formula is C17H14O8. The molecule has 0 amide bonds. The predicted molar refractivity (Wildman–Crippen MR) is 81.9 cm³/mol. The molecule has 0 bridgehead atoms. The number of hydrogen-bond acceptors (Lipinski definition) is 8. The molecular weight excluding hydrogens is 332 g/mol. The monoisotopic (exact) mass is 346 g/mol. The molecule has 2 N–H and O–H groups in total. The summed E-state index contributed by atoms with van der Waals surface area (Å²) in [4.78, 5) is 24.4. The topological polar surface area (TPSA) is 115 Å². The maximum Gasteiger partial charge on any atom is 0.347 e. The summed E-state index contributed by atoms with van der Waals surface area (Å²) >= 11 is 0. The smallest absolute Gasteiger partial charge is 0.347 e. The number of benzene rings is 1. The zero-order chi connectivity index (χ0) is 17.5. The summed E-state index contributed by atoms with van der Waals surface area (Å²) in [5, 5.41) is 20.5. The van der Waals surface area contributed by atoms with Crippen molar-refractivity contribution in [2.75, 3.05) is 7.11 Å². The van der Waals surface area contributed by atoms with Gasteiger partial charge in [0.05, 0.1) is 24.0 Å². The number of methoxy groups -OCH3 is 1. The molecule has 0 saturated carbocycles. The first-order valence-electron chi connectivity index (χ1n) is 7.93. The summed E-state index contributed by atoms with van der Waals surface area (Å²) in [7, 11) is 1.47. The molecule has 1 aliphatic carbocycles. The lowest BCUT2D eigenvalue weighted by molar-refractivity contribution is -0.165. The second-order valence-electron chi connectivity index (χ2n) is 6.39. The van der Waals surface area contributed by atoms with Crippen molar-refractivity contribution in [3.63, 3.8) is 0 Å². The summed E-state index contributed by atoms with van der Waals surface area (Å²) in [6, 6.07) is 1.63. The maximum absolute atomic E-state index is 12.4. The van der Waals surface area contributed by atoms with E-state index in [1.54, 1.807) is 6.07 Å².